The molecule has 1 saturated heterocycles. The van der Waals surface area contributed by atoms with Gasteiger partial charge in [-0.2, -0.15) is 13.2 Å². The summed E-state index contributed by atoms with van der Waals surface area (Å²) in [6.07, 6.45) is 0.133. The maximum absolute atomic E-state index is 13.2. The van der Waals surface area contributed by atoms with Crippen molar-refractivity contribution in [2.75, 3.05) is 26.2 Å². The summed E-state index contributed by atoms with van der Waals surface area (Å²) < 4.78 is 39.6. The molecule has 1 aromatic rings. The fourth-order valence-corrected chi connectivity index (χ4v) is 4.18. The standard InChI is InChI=1S/C17H22ClF3N2/c18-15-6-5-13(11-14(15)17(19,20)21)16(12-3-1-2-4-12)23-9-7-22-8-10-23/h5-6,11-12,16,22H,1-4,7-10H2/t16-/m1/s1. The van der Waals surface area contributed by atoms with E-state index in [1.165, 1.54) is 25.0 Å². The van der Waals surface area contributed by atoms with Crippen molar-refractivity contribution in [3.8, 4) is 0 Å². The van der Waals surface area contributed by atoms with E-state index in [9.17, 15) is 13.2 Å². The molecule has 2 aliphatic rings. The van der Waals surface area contributed by atoms with Crippen molar-refractivity contribution >= 4 is 11.6 Å². The molecule has 3 rings (SSSR count). The molecule has 2 fully saturated rings. The molecular weight excluding hydrogens is 325 g/mol. The topological polar surface area (TPSA) is 15.3 Å². The van der Waals surface area contributed by atoms with Crippen LogP contribution in [0.25, 0.3) is 0 Å². The van der Waals surface area contributed by atoms with Gasteiger partial charge in [0.05, 0.1) is 10.6 Å². The van der Waals surface area contributed by atoms with Gasteiger partial charge in [0.2, 0.25) is 0 Å². The molecule has 2 nitrogen and oxygen atoms in total. The van der Waals surface area contributed by atoms with Crippen molar-refractivity contribution < 1.29 is 13.2 Å². The van der Waals surface area contributed by atoms with Crippen LogP contribution in [0.2, 0.25) is 5.02 Å². The summed E-state index contributed by atoms with van der Waals surface area (Å²) in [6, 6.07) is 4.53. The van der Waals surface area contributed by atoms with Crippen molar-refractivity contribution in [1.82, 2.24) is 10.2 Å². The summed E-state index contributed by atoms with van der Waals surface area (Å²) in [5.41, 5.74) is 0.0466. The van der Waals surface area contributed by atoms with Gasteiger partial charge in [-0.1, -0.05) is 30.5 Å². The number of piperazine rings is 1. The Hall–Kier alpha value is -0.780. The highest BCUT2D eigenvalue weighted by Gasteiger charge is 2.36. The number of nitrogens with zero attached hydrogens (tertiary/aromatic N) is 1. The Labute approximate surface area is 140 Å². The smallest absolute Gasteiger partial charge is 0.314 e. The predicted octanol–water partition coefficient (Wildman–Crippen LogP) is 4.50. The van der Waals surface area contributed by atoms with E-state index < -0.39 is 11.7 Å². The number of benzene rings is 1. The Morgan fingerprint density at radius 3 is 2.39 bits per heavy atom. The van der Waals surface area contributed by atoms with Crippen LogP contribution in [-0.2, 0) is 6.18 Å². The van der Waals surface area contributed by atoms with E-state index in [1.807, 2.05) is 0 Å². The Bertz CT molecular complexity index is 535. The Morgan fingerprint density at radius 1 is 1.13 bits per heavy atom. The van der Waals surface area contributed by atoms with Gasteiger partial charge in [0.15, 0.2) is 0 Å². The molecular formula is C17H22ClF3N2. The van der Waals surface area contributed by atoms with Gasteiger partial charge in [0.25, 0.3) is 0 Å². The molecule has 0 aromatic heterocycles. The lowest BCUT2D eigenvalue weighted by molar-refractivity contribution is -0.137. The molecule has 1 atom stereocenters. The summed E-state index contributed by atoms with van der Waals surface area (Å²) in [5.74, 6) is 0.440. The fraction of sp³-hybridized carbons (Fsp3) is 0.647. The normalized spacial score (nSPS) is 22.4. The third-order valence-electron chi connectivity index (χ3n) is 5.03. The van der Waals surface area contributed by atoms with Crippen molar-refractivity contribution in [2.24, 2.45) is 5.92 Å². The van der Waals surface area contributed by atoms with Crippen LogP contribution in [0.15, 0.2) is 18.2 Å². The number of rotatable bonds is 3. The van der Waals surface area contributed by atoms with Gasteiger partial charge in [-0.15, -0.1) is 0 Å². The van der Waals surface area contributed by atoms with Gasteiger partial charge in [-0.05, 0) is 36.5 Å². The zero-order valence-electron chi connectivity index (χ0n) is 13.0. The van der Waals surface area contributed by atoms with Crippen molar-refractivity contribution in [2.45, 2.75) is 37.9 Å². The zero-order chi connectivity index (χ0) is 16.4. The quantitative estimate of drug-likeness (QED) is 0.867. The van der Waals surface area contributed by atoms with Crippen molar-refractivity contribution in [3.05, 3.63) is 34.3 Å². The van der Waals surface area contributed by atoms with Gasteiger partial charge < -0.3 is 5.32 Å². The lowest BCUT2D eigenvalue weighted by atomic mass is 9.89. The van der Waals surface area contributed by atoms with Crippen LogP contribution < -0.4 is 5.32 Å². The van der Waals surface area contributed by atoms with Gasteiger partial charge in [0.1, 0.15) is 0 Å². The van der Waals surface area contributed by atoms with E-state index in [0.29, 0.717) is 5.92 Å². The SMILES string of the molecule is FC(F)(F)c1cc([C@@H](C2CCCC2)N2CCNCC2)ccc1Cl. The van der Waals surface area contributed by atoms with Crippen molar-refractivity contribution in [1.29, 1.82) is 0 Å². The first-order valence-corrected chi connectivity index (χ1v) is 8.66. The molecule has 0 bridgehead atoms. The van der Waals surface area contributed by atoms with E-state index in [4.69, 9.17) is 11.6 Å². The van der Waals surface area contributed by atoms with E-state index in [-0.39, 0.29) is 11.1 Å². The van der Waals surface area contributed by atoms with Crippen LogP contribution in [0.4, 0.5) is 13.2 Å². The molecule has 1 N–H and O–H groups in total. The monoisotopic (exact) mass is 346 g/mol. The molecule has 1 saturated carbocycles. The van der Waals surface area contributed by atoms with Crippen molar-refractivity contribution in [3.63, 3.8) is 0 Å². The molecule has 0 radical (unpaired) electrons. The third kappa shape index (κ3) is 3.83. The minimum atomic E-state index is -4.41. The minimum Gasteiger partial charge on any atom is -0.314 e. The summed E-state index contributed by atoms with van der Waals surface area (Å²) in [5, 5.41) is 3.10. The second-order valence-electron chi connectivity index (χ2n) is 6.51. The number of nitrogens with one attached hydrogen (secondary N) is 1. The number of hydrogen-bond donors (Lipinski definition) is 1. The van der Waals surface area contributed by atoms with Crippen LogP contribution in [-0.4, -0.2) is 31.1 Å². The van der Waals surface area contributed by atoms with Crippen LogP contribution in [0.3, 0.4) is 0 Å². The fourth-order valence-electron chi connectivity index (χ4n) is 3.96. The van der Waals surface area contributed by atoms with Crippen LogP contribution >= 0.6 is 11.6 Å². The van der Waals surface area contributed by atoms with E-state index in [0.717, 1.165) is 44.6 Å². The first kappa shape index (κ1) is 17.1. The molecule has 0 amide bonds. The van der Waals surface area contributed by atoms with Gasteiger partial charge in [0, 0.05) is 32.2 Å². The van der Waals surface area contributed by atoms with E-state index >= 15 is 0 Å². The Kier molecular flexibility index (Phi) is 5.19. The highest BCUT2D eigenvalue weighted by molar-refractivity contribution is 6.31. The first-order valence-electron chi connectivity index (χ1n) is 8.28. The number of hydrogen-bond acceptors (Lipinski definition) is 2. The molecule has 0 unspecified atom stereocenters. The average molecular weight is 347 g/mol. The Morgan fingerprint density at radius 2 is 1.78 bits per heavy atom. The highest BCUT2D eigenvalue weighted by Crippen LogP contribution is 2.42. The van der Waals surface area contributed by atoms with Crippen LogP contribution in [0.1, 0.15) is 42.9 Å². The molecule has 0 spiro atoms. The van der Waals surface area contributed by atoms with Gasteiger partial charge >= 0.3 is 6.18 Å². The van der Waals surface area contributed by atoms with Crippen LogP contribution in [0.5, 0.6) is 0 Å². The maximum atomic E-state index is 13.2. The zero-order valence-corrected chi connectivity index (χ0v) is 13.8. The molecule has 6 heteroatoms. The van der Waals surface area contributed by atoms with Gasteiger partial charge in [-0.25, -0.2) is 0 Å². The predicted molar refractivity (Wildman–Crippen MR) is 85.6 cm³/mol. The largest absolute Gasteiger partial charge is 0.417 e. The second-order valence-corrected chi connectivity index (χ2v) is 6.92. The van der Waals surface area contributed by atoms with Crippen LogP contribution in [0, 0.1) is 5.92 Å². The first-order chi connectivity index (χ1) is 11.0. The van der Waals surface area contributed by atoms with E-state index in [1.54, 1.807) is 6.07 Å². The molecule has 1 heterocycles. The molecule has 1 aliphatic carbocycles. The average Bonchev–Trinajstić information content (AvgIpc) is 3.03. The third-order valence-corrected chi connectivity index (χ3v) is 5.36. The summed E-state index contributed by atoms with van der Waals surface area (Å²) in [7, 11) is 0. The molecule has 128 valence electrons. The highest BCUT2D eigenvalue weighted by atomic mass is 35.5. The number of halogens is 4. The lowest BCUT2D eigenvalue weighted by Crippen LogP contribution is -2.46. The summed E-state index contributed by atoms with van der Waals surface area (Å²) >= 11 is 5.79. The molecule has 1 aromatic carbocycles. The second kappa shape index (κ2) is 6.99. The molecule has 1 aliphatic heterocycles. The molecule has 23 heavy (non-hydrogen) atoms. The minimum absolute atomic E-state index is 0.0676. The van der Waals surface area contributed by atoms with Gasteiger partial charge in [-0.3, -0.25) is 4.90 Å². The summed E-state index contributed by atoms with van der Waals surface area (Å²) in [6.45, 7) is 3.54. The lowest BCUT2D eigenvalue weighted by Gasteiger charge is -2.39. The maximum Gasteiger partial charge on any atom is 0.417 e. The summed E-state index contributed by atoms with van der Waals surface area (Å²) in [4.78, 5) is 2.34. The Balaban J connectivity index is 1.95. The number of alkyl halides is 3. The van der Waals surface area contributed by atoms with E-state index in [2.05, 4.69) is 10.2 Å².